The molecule has 2 aromatic rings. The number of carbonyl (C=O) groups excluding carboxylic acids is 1. The SMILES string of the molecule is CCc1cnc(-n2cc(C(=O)NCC3CN4CCC3CC4)ccc2=O)s1. The summed E-state index contributed by atoms with van der Waals surface area (Å²) in [6, 6.07) is 3.04. The molecular formula is C19H24N4O2S. The molecule has 1 N–H and O–H groups in total. The first-order chi connectivity index (χ1) is 12.6. The summed E-state index contributed by atoms with van der Waals surface area (Å²) in [5, 5.41) is 3.68. The van der Waals surface area contributed by atoms with Gasteiger partial charge in [0.05, 0.1) is 5.56 Å². The van der Waals surface area contributed by atoms with Crippen LogP contribution in [-0.4, -0.2) is 46.5 Å². The van der Waals surface area contributed by atoms with Gasteiger partial charge >= 0.3 is 0 Å². The van der Waals surface area contributed by atoms with Crippen LogP contribution < -0.4 is 10.9 Å². The second kappa shape index (κ2) is 7.32. The maximum atomic E-state index is 12.6. The van der Waals surface area contributed by atoms with E-state index in [2.05, 4.69) is 22.1 Å². The predicted octanol–water partition coefficient (Wildman–Crippen LogP) is 1.93. The molecule has 3 fully saturated rings. The van der Waals surface area contributed by atoms with Crippen molar-refractivity contribution >= 4 is 17.2 Å². The van der Waals surface area contributed by atoms with Gasteiger partial charge in [0.2, 0.25) is 0 Å². The summed E-state index contributed by atoms with van der Waals surface area (Å²) in [4.78, 5) is 32.7. The largest absolute Gasteiger partial charge is 0.352 e. The number of pyridine rings is 1. The van der Waals surface area contributed by atoms with Gasteiger partial charge in [-0.3, -0.25) is 14.2 Å². The van der Waals surface area contributed by atoms with Crippen molar-refractivity contribution < 1.29 is 4.79 Å². The number of fused-ring (bicyclic) bond motifs is 3. The number of nitrogens with one attached hydrogen (secondary N) is 1. The smallest absolute Gasteiger partial charge is 0.256 e. The van der Waals surface area contributed by atoms with E-state index < -0.39 is 0 Å². The van der Waals surface area contributed by atoms with E-state index in [1.807, 2.05) is 0 Å². The van der Waals surface area contributed by atoms with Crippen LogP contribution in [0.25, 0.3) is 5.13 Å². The summed E-state index contributed by atoms with van der Waals surface area (Å²) in [5.74, 6) is 1.15. The van der Waals surface area contributed by atoms with Crippen LogP contribution in [-0.2, 0) is 6.42 Å². The number of rotatable bonds is 5. The van der Waals surface area contributed by atoms with Crippen LogP contribution in [0.3, 0.4) is 0 Å². The fourth-order valence-corrected chi connectivity index (χ4v) is 4.82. The fourth-order valence-electron chi connectivity index (χ4n) is 3.99. The zero-order chi connectivity index (χ0) is 18.1. The Kier molecular flexibility index (Phi) is 4.91. The van der Waals surface area contributed by atoms with Crippen LogP contribution in [0.15, 0.2) is 29.3 Å². The summed E-state index contributed by atoms with van der Waals surface area (Å²) in [6.45, 7) is 6.25. The van der Waals surface area contributed by atoms with Gasteiger partial charge in [0.1, 0.15) is 0 Å². The van der Waals surface area contributed by atoms with Crippen molar-refractivity contribution in [3.05, 3.63) is 45.3 Å². The molecule has 26 heavy (non-hydrogen) atoms. The molecule has 5 rings (SSSR count). The van der Waals surface area contributed by atoms with Crippen LogP contribution in [0.2, 0.25) is 0 Å². The third-order valence-corrected chi connectivity index (χ3v) is 6.73. The summed E-state index contributed by atoms with van der Waals surface area (Å²) in [5.41, 5.74) is 0.329. The highest BCUT2D eigenvalue weighted by molar-refractivity contribution is 7.14. The lowest BCUT2D eigenvalue weighted by Crippen LogP contribution is -2.50. The summed E-state index contributed by atoms with van der Waals surface area (Å²) in [7, 11) is 0. The second-order valence-corrected chi connectivity index (χ2v) is 8.29. The van der Waals surface area contributed by atoms with Crippen molar-refractivity contribution in [2.24, 2.45) is 11.8 Å². The molecule has 0 spiro atoms. The van der Waals surface area contributed by atoms with Gasteiger partial charge in [0, 0.05) is 36.4 Å². The van der Waals surface area contributed by atoms with E-state index in [1.165, 1.54) is 47.9 Å². The molecule has 3 saturated heterocycles. The molecule has 3 aliphatic heterocycles. The highest BCUT2D eigenvalue weighted by Gasteiger charge is 2.34. The van der Waals surface area contributed by atoms with Crippen molar-refractivity contribution in [1.82, 2.24) is 19.8 Å². The number of aromatic nitrogens is 2. The van der Waals surface area contributed by atoms with Crippen molar-refractivity contribution in [2.75, 3.05) is 26.2 Å². The van der Waals surface area contributed by atoms with Crippen molar-refractivity contribution in [3.8, 4) is 5.13 Å². The number of carbonyl (C=O) groups is 1. The summed E-state index contributed by atoms with van der Waals surface area (Å²) >= 11 is 1.48. The molecule has 1 amide bonds. The van der Waals surface area contributed by atoms with Crippen molar-refractivity contribution in [1.29, 1.82) is 0 Å². The minimum Gasteiger partial charge on any atom is -0.352 e. The highest BCUT2D eigenvalue weighted by Crippen LogP contribution is 2.31. The van der Waals surface area contributed by atoms with Gasteiger partial charge in [-0.05, 0) is 50.3 Å². The zero-order valence-electron chi connectivity index (χ0n) is 15.0. The molecule has 1 atom stereocenters. The first-order valence-corrected chi connectivity index (χ1v) is 10.1. The molecular weight excluding hydrogens is 348 g/mol. The van der Waals surface area contributed by atoms with Crippen LogP contribution in [0.5, 0.6) is 0 Å². The van der Waals surface area contributed by atoms with E-state index in [0.717, 1.165) is 23.8 Å². The maximum Gasteiger partial charge on any atom is 0.256 e. The molecule has 0 saturated carbocycles. The first-order valence-electron chi connectivity index (χ1n) is 9.32. The average Bonchev–Trinajstić information content (AvgIpc) is 3.16. The molecule has 0 aliphatic carbocycles. The van der Waals surface area contributed by atoms with E-state index in [4.69, 9.17) is 0 Å². The number of amides is 1. The van der Waals surface area contributed by atoms with E-state index >= 15 is 0 Å². The molecule has 3 aliphatic rings. The number of thiazole rings is 1. The second-order valence-electron chi connectivity index (χ2n) is 7.20. The van der Waals surface area contributed by atoms with Gasteiger partial charge in [-0.2, -0.15) is 0 Å². The number of hydrogen-bond donors (Lipinski definition) is 1. The monoisotopic (exact) mass is 372 g/mol. The van der Waals surface area contributed by atoms with Crippen molar-refractivity contribution in [3.63, 3.8) is 0 Å². The lowest BCUT2D eigenvalue weighted by Gasteiger charge is -2.44. The Labute approximate surface area is 156 Å². The molecule has 138 valence electrons. The predicted molar refractivity (Wildman–Crippen MR) is 102 cm³/mol. The lowest BCUT2D eigenvalue weighted by atomic mass is 9.79. The third-order valence-electron chi connectivity index (χ3n) is 5.59. The number of hydrogen-bond acceptors (Lipinski definition) is 5. The Morgan fingerprint density at radius 2 is 2.15 bits per heavy atom. The Bertz CT molecular complexity index is 851. The Morgan fingerprint density at radius 3 is 2.81 bits per heavy atom. The molecule has 2 aromatic heterocycles. The van der Waals surface area contributed by atoms with Gasteiger partial charge in [-0.25, -0.2) is 4.98 Å². The standard InChI is InChI=1S/C19H24N4O2S/c1-2-16-10-21-19(26-16)23-12-14(3-4-17(23)24)18(25)20-9-15-11-22-7-5-13(15)6-8-22/h3-4,10,12-13,15H,2,5-9,11H2,1H3,(H,20,25). The Hall–Kier alpha value is -1.99. The average molecular weight is 372 g/mol. The minimum absolute atomic E-state index is 0.123. The molecule has 0 radical (unpaired) electrons. The normalized spacial score (nSPS) is 24.6. The van der Waals surface area contributed by atoms with Crippen LogP contribution in [0.1, 0.15) is 35.0 Å². The van der Waals surface area contributed by atoms with E-state index in [9.17, 15) is 9.59 Å². The topological polar surface area (TPSA) is 67.2 Å². The summed E-state index contributed by atoms with van der Waals surface area (Å²) < 4.78 is 1.47. The number of aryl methyl sites for hydroxylation is 1. The minimum atomic E-state index is -0.170. The Balaban J connectivity index is 1.46. The molecule has 7 heteroatoms. The van der Waals surface area contributed by atoms with Gasteiger partial charge in [0.15, 0.2) is 5.13 Å². The van der Waals surface area contributed by atoms with Gasteiger partial charge in [-0.15, -0.1) is 11.3 Å². The molecule has 5 heterocycles. The Morgan fingerprint density at radius 1 is 1.35 bits per heavy atom. The quantitative estimate of drug-likeness (QED) is 0.871. The molecule has 6 nitrogen and oxygen atoms in total. The highest BCUT2D eigenvalue weighted by atomic mass is 32.1. The van der Waals surface area contributed by atoms with E-state index in [1.54, 1.807) is 18.5 Å². The molecule has 2 bridgehead atoms. The third kappa shape index (κ3) is 3.46. The molecule has 1 unspecified atom stereocenters. The van der Waals surface area contributed by atoms with Crippen molar-refractivity contribution in [2.45, 2.75) is 26.2 Å². The maximum absolute atomic E-state index is 12.6. The van der Waals surface area contributed by atoms with Crippen LogP contribution >= 0.6 is 11.3 Å². The van der Waals surface area contributed by atoms with Gasteiger partial charge < -0.3 is 10.2 Å². The summed E-state index contributed by atoms with van der Waals surface area (Å²) in [6.07, 6.45) is 6.76. The van der Waals surface area contributed by atoms with Crippen LogP contribution in [0, 0.1) is 11.8 Å². The van der Waals surface area contributed by atoms with Gasteiger partial charge in [0.25, 0.3) is 11.5 Å². The van der Waals surface area contributed by atoms with Crippen LogP contribution in [0.4, 0.5) is 0 Å². The lowest BCUT2D eigenvalue weighted by molar-refractivity contribution is 0.0496. The first kappa shape index (κ1) is 17.4. The van der Waals surface area contributed by atoms with Gasteiger partial charge in [-0.1, -0.05) is 6.92 Å². The zero-order valence-corrected chi connectivity index (χ0v) is 15.8. The molecule has 0 aromatic carbocycles. The fraction of sp³-hybridized carbons (Fsp3) is 0.526. The van der Waals surface area contributed by atoms with E-state index in [-0.39, 0.29) is 11.5 Å². The van der Waals surface area contributed by atoms with E-state index in [0.29, 0.717) is 23.2 Å². The number of piperidine rings is 3. The number of nitrogens with zero attached hydrogens (tertiary/aromatic N) is 3.